The van der Waals surface area contributed by atoms with Crippen molar-refractivity contribution in [2.75, 3.05) is 13.2 Å². The number of allylic oxidation sites excluding steroid dienone is 2. The highest BCUT2D eigenvalue weighted by Gasteiger charge is 2.09. The van der Waals surface area contributed by atoms with E-state index in [4.69, 9.17) is 9.47 Å². The topological polar surface area (TPSA) is 18.5 Å². The quantitative estimate of drug-likeness (QED) is 0.0357. The summed E-state index contributed by atoms with van der Waals surface area (Å²) in [4.78, 5) is 0. The summed E-state index contributed by atoms with van der Waals surface area (Å²) in [5, 5.41) is 10.5. The van der Waals surface area contributed by atoms with Gasteiger partial charge < -0.3 is 9.47 Å². The summed E-state index contributed by atoms with van der Waals surface area (Å²) >= 11 is 0. The summed E-state index contributed by atoms with van der Waals surface area (Å²) < 4.78 is 12.4. The van der Waals surface area contributed by atoms with E-state index in [1.807, 2.05) is 0 Å². The van der Waals surface area contributed by atoms with E-state index in [1.54, 1.807) is 0 Å². The smallest absolute Gasteiger partial charge is 0.0728 e. The first-order chi connectivity index (χ1) is 25.9. The van der Waals surface area contributed by atoms with Gasteiger partial charge in [-0.1, -0.05) is 173 Å². The number of benzene rings is 6. The van der Waals surface area contributed by atoms with Crippen molar-refractivity contribution in [3.05, 3.63) is 132 Å². The van der Waals surface area contributed by atoms with Crippen LogP contribution in [0.1, 0.15) is 114 Å². The van der Waals surface area contributed by atoms with Crippen LogP contribution in [0, 0.1) is 0 Å². The lowest BCUT2D eigenvalue weighted by Gasteiger charge is -2.12. The van der Waals surface area contributed by atoms with Crippen molar-refractivity contribution in [1.82, 2.24) is 0 Å². The fourth-order valence-electron chi connectivity index (χ4n) is 7.81. The molecule has 0 fully saturated rings. The van der Waals surface area contributed by atoms with E-state index < -0.39 is 0 Å². The zero-order chi connectivity index (χ0) is 35.5. The number of hydrogen-bond acceptors (Lipinski definition) is 2. The summed E-state index contributed by atoms with van der Waals surface area (Å²) in [6.07, 6.45) is 25.7. The van der Waals surface area contributed by atoms with E-state index in [0.717, 1.165) is 26.1 Å². The van der Waals surface area contributed by atoms with Gasteiger partial charge in [0.15, 0.2) is 0 Å². The van der Waals surface area contributed by atoms with Crippen molar-refractivity contribution in [2.24, 2.45) is 0 Å². The van der Waals surface area contributed by atoms with Crippen molar-refractivity contribution in [2.45, 2.75) is 116 Å². The van der Waals surface area contributed by atoms with E-state index in [9.17, 15) is 0 Å². The second-order valence-corrected chi connectivity index (χ2v) is 14.7. The number of fused-ring (bicyclic) bond motifs is 4. The van der Waals surface area contributed by atoms with Crippen molar-refractivity contribution in [3.63, 3.8) is 0 Å². The van der Waals surface area contributed by atoms with Crippen LogP contribution in [0.25, 0.3) is 43.1 Å². The summed E-state index contributed by atoms with van der Waals surface area (Å²) in [7, 11) is 0. The molecule has 0 spiro atoms. The Morgan fingerprint density at radius 2 is 0.615 bits per heavy atom. The van der Waals surface area contributed by atoms with Crippen LogP contribution in [0.2, 0.25) is 0 Å². The van der Waals surface area contributed by atoms with Gasteiger partial charge in [-0.3, -0.25) is 0 Å². The molecular formula is C50H60O2. The molecule has 0 heterocycles. The highest BCUT2D eigenvalue weighted by Crippen LogP contribution is 2.30. The van der Waals surface area contributed by atoms with Crippen LogP contribution in [0.4, 0.5) is 0 Å². The van der Waals surface area contributed by atoms with Crippen molar-refractivity contribution in [3.8, 4) is 0 Å². The Labute approximate surface area is 313 Å². The van der Waals surface area contributed by atoms with E-state index in [0.29, 0.717) is 13.2 Å². The Bertz CT molecular complexity index is 1720. The summed E-state index contributed by atoms with van der Waals surface area (Å²) in [6.45, 7) is 3.09. The molecule has 0 unspecified atom stereocenters. The minimum Gasteiger partial charge on any atom is -0.377 e. The van der Waals surface area contributed by atoms with Gasteiger partial charge in [-0.2, -0.15) is 0 Å². The maximum atomic E-state index is 6.20. The first-order valence-corrected chi connectivity index (χ1v) is 20.5. The van der Waals surface area contributed by atoms with Gasteiger partial charge in [-0.25, -0.2) is 0 Å². The van der Waals surface area contributed by atoms with E-state index in [2.05, 4.69) is 121 Å². The second-order valence-electron chi connectivity index (χ2n) is 14.7. The Morgan fingerprint density at radius 3 is 0.962 bits per heavy atom. The Morgan fingerprint density at radius 1 is 0.327 bits per heavy atom. The molecule has 0 aliphatic rings. The normalized spacial score (nSPS) is 11.9. The first kappa shape index (κ1) is 37.8. The first-order valence-electron chi connectivity index (χ1n) is 20.5. The lowest BCUT2D eigenvalue weighted by Crippen LogP contribution is -1.98. The molecule has 0 bridgehead atoms. The number of unbranched alkanes of at least 4 members (excludes halogenated alkanes) is 14. The van der Waals surface area contributed by atoms with Crippen LogP contribution in [0.3, 0.4) is 0 Å². The lowest BCUT2D eigenvalue weighted by atomic mass is 9.97. The molecule has 6 rings (SSSR count). The molecule has 0 aromatic heterocycles. The maximum absolute atomic E-state index is 6.20. The van der Waals surface area contributed by atoms with Crippen LogP contribution >= 0.6 is 0 Å². The van der Waals surface area contributed by atoms with E-state index >= 15 is 0 Å². The van der Waals surface area contributed by atoms with Crippen LogP contribution < -0.4 is 0 Å². The molecule has 2 heteroatoms. The molecular weight excluding hydrogens is 633 g/mol. The number of hydrogen-bond donors (Lipinski definition) is 0. The molecule has 0 aliphatic heterocycles. The zero-order valence-corrected chi connectivity index (χ0v) is 31.5. The van der Waals surface area contributed by atoms with E-state index in [1.165, 1.54) is 144 Å². The largest absolute Gasteiger partial charge is 0.377 e. The Balaban J connectivity index is 0.707. The molecule has 272 valence electrons. The third-order valence-corrected chi connectivity index (χ3v) is 10.7. The molecule has 6 aromatic carbocycles. The number of rotatable bonds is 24. The number of ether oxygens (including phenoxy) is 2. The van der Waals surface area contributed by atoms with Gasteiger partial charge in [0.2, 0.25) is 0 Å². The van der Waals surface area contributed by atoms with Crippen molar-refractivity contribution in [1.29, 1.82) is 0 Å². The molecule has 0 atom stereocenters. The zero-order valence-electron chi connectivity index (χ0n) is 31.5. The fraction of sp³-hybridized carbons (Fsp3) is 0.400. The molecule has 6 aromatic rings. The van der Waals surface area contributed by atoms with Crippen LogP contribution in [0.15, 0.2) is 121 Å². The van der Waals surface area contributed by atoms with Gasteiger partial charge in [0.05, 0.1) is 13.2 Å². The predicted molar refractivity (Wildman–Crippen MR) is 225 cm³/mol. The van der Waals surface area contributed by atoms with Crippen LogP contribution in [0.5, 0.6) is 0 Å². The lowest BCUT2D eigenvalue weighted by molar-refractivity contribution is 0.118. The Hall–Kier alpha value is -3.98. The molecule has 0 N–H and O–H groups in total. The summed E-state index contributed by atoms with van der Waals surface area (Å²) in [5.41, 5.74) is 2.66. The fourth-order valence-corrected chi connectivity index (χ4v) is 7.81. The SMILES string of the molecule is C(=C\CCCCCCCCCOCc1c2ccccc2cc2ccccc12)/CCCCCCCCCOCc1c2ccccc2cc2ccccc12. The average molecular weight is 693 g/mol. The van der Waals surface area contributed by atoms with Gasteiger partial charge in [0, 0.05) is 13.2 Å². The second kappa shape index (κ2) is 21.5. The van der Waals surface area contributed by atoms with Crippen molar-refractivity contribution < 1.29 is 9.47 Å². The van der Waals surface area contributed by atoms with Gasteiger partial charge in [-0.15, -0.1) is 0 Å². The van der Waals surface area contributed by atoms with E-state index in [-0.39, 0.29) is 0 Å². The van der Waals surface area contributed by atoms with Crippen LogP contribution in [-0.2, 0) is 22.7 Å². The van der Waals surface area contributed by atoms with Gasteiger partial charge >= 0.3 is 0 Å². The van der Waals surface area contributed by atoms with Crippen LogP contribution in [-0.4, -0.2) is 13.2 Å². The standard InChI is InChI=1S/C50H60O2/c1(3-5-7-9-11-13-15-25-35-51-39-49-45-31-21-17-27-41(45)37-42-28-18-22-32-46(42)49)2-4-6-8-10-12-14-16-26-36-52-40-50-47-33-23-19-29-43(47)38-44-30-20-24-34-48(44)50/h1-2,17-24,27-34,37-38H,3-16,25-26,35-36,39-40H2/b2-1+. The highest BCUT2D eigenvalue weighted by atomic mass is 16.5. The highest BCUT2D eigenvalue weighted by molar-refractivity contribution is 6.03. The van der Waals surface area contributed by atoms with Crippen molar-refractivity contribution >= 4 is 43.1 Å². The minimum atomic E-state index is 0.693. The Kier molecular flexibility index (Phi) is 15.6. The molecule has 2 nitrogen and oxygen atoms in total. The molecule has 0 amide bonds. The van der Waals surface area contributed by atoms with Gasteiger partial charge in [-0.05, 0) is 105 Å². The summed E-state index contributed by atoms with van der Waals surface area (Å²) in [6, 6.07) is 39.4. The third kappa shape index (κ3) is 11.3. The minimum absolute atomic E-state index is 0.693. The molecule has 0 radical (unpaired) electrons. The van der Waals surface area contributed by atoms with Gasteiger partial charge in [0.25, 0.3) is 0 Å². The third-order valence-electron chi connectivity index (χ3n) is 10.7. The molecule has 0 aliphatic carbocycles. The maximum Gasteiger partial charge on any atom is 0.0728 e. The molecule has 52 heavy (non-hydrogen) atoms. The molecule has 0 saturated carbocycles. The average Bonchev–Trinajstić information content (AvgIpc) is 3.18. The summed E-state index contributed by atoms with van der Waals surface area (Å²) in [5.74, 6) is 0. The molecule has 0 saturated heterocycles. The monoisotopic (exact) mass is 692 g/mol. The predicted octanol–water partition coefficient (Wildman–Crippen LogP) is 14.8. The van der Waals surface area contributed by atoms with Gasteiger partial charge in [0.1, 0.15) is 0 Å².